The van der Waals surface area contributed by atoms with Crippen LogP contribution in [0.2, 0.25) is 0 Å². The summed E-state index contributed by atoms with van der Waals surface area (Å²) >= 11 is 3.50. The van der Waals surface area contributed by atoms with E-state index in [1.165, 1.54) is 11.1 Å². The largest absolute Gasteiger partial charge is 0.383 e. The second-order valence-corrected chi connectivity index (χ2v) is 5.67. The molecule has 3 rings (SSSR count). The first-order valence-electron chi connectivity index (χ1n) is 6.15. The molecule has 1 aromatic carbocycles. The second kappa shape index (κ2) is 4.21. The molecule has 0 fully saturated rings. The van der Waals surface area contributed by atoms with Gasteiger partial charge in [-0.2, -0.15) is 5.10 Å². The smallest absolute Gasteiger partial charge is 0.115 e. The quantitative estimate of drug-likeness (QED) is 0.926. The summed E-state index contributed by atoms with van der Waals surface area (Å²) in [5, 5.41) is 15.3. The number of aliphatic hydroxyl groups is 1. The van der Waals surface area contributed by atoms with Crippen molar-refractivity contribution in [3.8, 4) is 0 Å². The SMILES string of the molecule is CCn1ncc(Br)c1C1(O)Cc2ccccc2C1. The normalized spacial score (nSPS) is 16.8. The van der Waals surface area contributed by atoms with Gasteiger partial charge in [-0.15, -0.1) is 0 Å². The molecule has 1 N–H and O–H groups in total. The molecule has 0 unspecified atom stereocenters. The van der Waals surface area contributed by atoms with Crippen molar-refractivity contribution in [2.24, 2.45) is 0 Å². The summed E-state index contributed by atoms with van der Waals surface area (Å²) in [5.74, 6) is 0. The van der Waals surface area contributed by atoms with Crippen LogP contribution < -0.4 is 0 Å². The van der Waals surface area contributed by atoms with E-state index in [1.807, 2.05) is 23.7 Å². The van der Waals surface area contributed by atoms with Gasteiger partial charge in [0, 0.05) is 19.4 Å². The molecule has 94 valence electrons. The molecule has 0 spiro atoms. The number of nitrogens with zero attached hydrogens (tertiary/aromatic N) is 2. The summed E-state index contributed by atoms with van der Waals surface area (Å²) in [6.07, 6.45) is 3.08. The summed E-state index contributed by atoms with van der Waals surface area (Å²) in [5.41, 5.74) is 2.52. The highest BCUT2D eigenvalue weighted by Gasteiger charge is 2.40. The number of hydrogen-bond donors (Lipinski definition) is 1. The predicted molar refractivity (Wildman–Crippen MR) is 73.3 cm³/mol. The van der Waals surface area contributed by atoms with E-state index in [0.717, 1.165) is 16.7 Å². The summed E-state index contributed by atoms with van der Waals surface area (Å²) < 4.78 is 2.76. The molecule has 3 nitrogen and oxygen atoms in total. The van der Waals surface area contributed by atoms with Crippen LogP contribution in [-0.4, -0.2) is 14.9 Å². The van der Waals surface area contributed by atoms with Gasteiger partial charge in [-0.25, -0.2) is 0 Å². The van der Waals surface area contributed by atoms with Crippen LogP contribution in [0, 0.1) is 0 Å². The third-order valence-electron chi connectivity index (χ3n) is 3.62. The monoisotopic (exact) mass is 306 g/mol. The standard InChI is InChI=1S/C14H15BrN2O/c1-2-17-13(12(15)9-16-17)14(18)7-10-5-3-4-6-11(10)8-14/h3-6,9,18H,2,7-8H2,1H3. The van der Waals surface area contributed by atoms with Crippen LogP contribution in [0.15, 0.2) is 34.9 Å². The van der Waals surface area contributed by atoms with E-state index in [4.69, 9.17) is 0 Å². The molecule has 1 heterocycles. The first-order chi connectivity index (χ1) is 8.64. The van der Waals surface area contributed by atoms with E-state index in [-0.39, 0.29) is 0 Å². The fourth-order valence-electron chi connectivity index (χ4n) is 2.83. The third-order valence-corrected chi connectivity index (χ3v) is 4.20. The Morgan fingerprint density at radius 2 is 1.94 bits per heavy atom. The van der Waals surface area contributed by atoms with Gasteiger partial charge < -0.3 is 5.11 Å². The minimum absolute atomic E-state index is 0.660. The molecule has 2 aromatic rings. The Balaban J connectivity index is 2.06. The van der Waals surface area contributed by atoms with Crippen LogP contribution in [0.3, 0.4) is 0 Å². The van der Waals surface area contributed by atoms with Crippen LogP contribution in [0.5, 0.6) is 0 Å². The molecule has 1 aromatic heterocycles. The lowest BCUT2D eigenvalue weighted by atomic mass is 9.96. The summed E-state index contributed by atoms with van der Waals surface area (Å²) in [6, 6.07) is 8.23. The second-order valence-electron chi connectivity index (χ2n) is 4.81. The fraction of sp³-hybridized carbons (Fsp3) is 0.357. The predicted octanol–water partition coefficient (Wildman–Crippen LogP) is 2.65. The van der Waals surface area contributed by atoms with E-state index in [9.17, 15) is 5.11 Å². The van der Waals surface area contributed by atoms with E-state index in [1.54, 1.807) is 6.20 Å². The maximum atomic E-state index is 11.0. The molecule has 0 bridgehead atoms. The molecule has 4 heteroatoms. The molecule has 18 heavy (non-hydrogen) atoms. The van der Waals surface area contributed by atoms with Crippen molar-refractivity contribution in [1.29, 1.82) is 0 Å². The Labute approximate surface area is 115 Å². The molecule has 0 atom stereocenters. The number of aromatic nitrogens is 2. The summed E-state index contributed by atoms with van der Waals surface area (Å²) in [7, 11) is 0. The highest BCUT2D eigenvalue weighted by Crippen LogP contribution is 2.40. The molecule has 1 aliphatic carbocycles. The highest BCUT2D eigenvalue weighted by molar-refractivity contribution is 9.10. The minimum atomic E-state index is -0.838. The van der Waals surface area contributed by atoms with Crippen LogP contribution in [0.1, 0.15) is 23.7 Å². The maximum absolute atomic E-state index is 11.0. The van der Waals surface area contributed by atoms with Gasteiger partial charge >= 0.3 is 0 Å². The topological polar surface area (TPSA) is 38.0 Å². The van der Waals surface area contributed by atoms with Crippen LogP contribution in [0.25, 0.3) is 0 Å². The average Bonchev–Trinajstić information content (AvgIpc) is 2.88. The van der Waals surface area contributed by atoms with Crippen LogP contribution in [-0.2, 0) is 25.0 Å². The van der Waals surface area contributed by atoms with Crippen molar-refractivity contribution in [3.63, 3.8) is 0 Å². The van der Waals surface area contributed by atoms with Crippen LogP contribution in [0.4, 0.5) is 0 Å². The van der Waals surface area contributed by atoms with E-state index in [0.29, 0.717) is 12.8 Å². The van der Waals surface area contributed by atoms with Crippen molar-refractivity contribution in [2.45, 2.75) is 31.9 Å². The lowest BCUT2D eigenvalue weighted by molar-refractivity contribution is 0.0380. The van der Waals surface area contributed by atoms with E-state index in [2.05, 4.69) is 33.2 Å². The Morgan fingerprint density at radius 3 is 2.50 bits per heavy atom. The van der Waals surface area contributed by atoms with Gasteiger partial charge in [-0.05, 0) is 34.0 Å². The van der Waals surface area contributed by atoms with Gasteiger partial charge in [-0.3, -0.25) is 4.68 Å². The Hall–Kier alpha value is -1.13. The first kappa shape index (κ1) is 11.9. The molecule has 0 saturated heterocycles. The molecule has 0 radical (unpaired) electrons. The van der Waals surface area contributed by atoms with Crippen molar-refractivity contribution in [2.75, 3.05) is 0 Å². The van der Waals surface area contributed by atoms with Gasteiger partial charge in [0.05, 0.1) is 16.4 Å². The van der Waals surface area contributed by atoms with E-state index < -0.39 is 5.60 Å². The lowest BCUT2D eigenvalue weighted by Gasteiger charge is -2.24. The van der Waals surface area contributed by atoms with E-state index >= 15 is 0 Å². The van der Waals surface area contributed by atoms with Gasteiger partial charge in [0.25, 0.3) is 0 Å². The van der Waals surface area contributed by atoms with Crippen molar-refractivity contribution >= 4 is 15.9 Å². The summed E-state index contributed by atoms with van der Waals surface area (Å²) in [6.45, 7) is 2.80. The zero-order valence-electron chi connectivity index (χ0n) is 10.2. The first-order valence-corrected chi connectivity index (χ1v) is 6.94. The molecular formula is C14H15BrN2O. The zero-order chi connectivity index (χ0) is 12.8. The van der Waals surface area contributed by atoms with Gasteiger partial charge in [0.15, 0.2) is 0 Å². The van der Waals surface area contributed by atoms with Crippen molar-refractivity contribution < 1.29 is 5.11 Å². The number of rotatable bonds is 2. The molecule has 0 aliphatic heterocycles. The number of benzene rings is 1. The average molecular weight is 307 g/mol. The van der Waals surface area contributed by atoms with Gasteiger partial charge in [0.1, 0.15) is 5.60 Å². The number of hydrogen-bond acceptors (Lipinski definition) is 2. The summed E-state index contributed by atoms with van der Waals surface area (Å²) in [4.78, 5) is 0. The Morgan fingerprint density at radius 1 is 1.33 bits per heavy atom. The number of halogens is 1. The molecular weight excluding hydrogens is 292 g/mol. The van der Waals surface area contributed by atoms with Crippen molar-refractivity contribution in [1.82, 2.24) is 9.78 Å². The lowest BCUT2D eigenvalue weighted by Crippen LogP contribution is -2.30. The number of aryl methyl sites for hydroxylation is 1. The molecule has 0 saturated carbocycles. The molecule has 1 aliphatic rings. The Bertz CT molecular complexity index is 566. The Kier molecular flexibility index (Phi) is 2.79. The fourth-order valence-corrected chi connectivity index (χ4v) is 3.49. The zero-order valence-corrected chi connectivity index (χ0v) is 11.8. The van der Waals surface area contributed by atoms with Crippen LogP contribution >= 0.6 is 15.9 Å². The number of fused-ring (bicyclic) bond motifs is 1. The minimum Gasteiger partial charge on any atom is -0.383 e. The van der Waals surface area contributed by atoms with Gasteiger partial charge in [0.2, 0.25) is 0 Å². The van der Waals surface area contributed by atoms with Gasteiger partial charge in [-0.1, -0.05) is 24.3 Å². The maximum Gasteiger partial charge on any atom is 0.115 e. The highest BCUT2D eigenvalue weighted by atomic mass is 79.9. The third kappa shape index (κ3) is 1.71. The van der Waals surface area contributed by atoms with Crippen molar-refractivity contribution in [3.05, 3.63) is 51.8 Å². The molecule has 0 amide bonds.